The number of carbonyl (C=O) groups excluding carboxylic acids is 2. The summed E-state index contributed by atoms with van der Waals surface area (Å²) in [5.74, 6) is 0.525. The third-order valence-corrected chi connectivity index (χ3v) is 7.60. The molecule has 1 aliphatic heterocycles. The molecule has 1 fully saturated rings. The lowest BCUT2D eigenvalue weighted by molar-refractivity contribution is 0.00206. The van der Waals surface area contributed by atoms with E-state index in [2.05, 4.69) is 10.2 Å². The number of nitrogens with zero attached hydrogens (tertiary/aromatic N) is 2. The molecular formula is C34H44N4O7. The Kier molecular flexibility index (Phi) is 13.0. The van der Waals surface area contributed by atoms with Gasteiger partial charge in [0.15, 0.2) is 6.29 Å². The molecule has 1 saturated heterocycles. The van der Waals surface area contributed by atoms with Gasteiger partial charge in [-0.2, -0.15) is 0 Å². The van der Waals surface area contributed by atoms with Crippen LogP contribution in [0, 0.1) is 0 Å². The van der Waals surface area contributed by atoms with Crippen molar-refractivity contribution in [3.63, 3.8) is 0 Å². The zero-order chi connectivity index (χ0) is 32.0. The van der Waals surface area contributed by atoms with Gasteiger partial charge in [-0.05, 0) is 30.5 Å². The van der Waals surface area contributed by atoms with Crippen molar-refractivity contribution in [1.29, 1.82) is 0 Å². The van der Waals surface area contributed by atoms with Gasteiger partial charge in [0.25, 0.3) is 5.91 Å². The van der Waals surface area contributed by atoms with Gasteiger partial charge in [0.2, 0.25) is 0 Å². The average Bonchev–Trinajstić information content (AvgIpc) is 3.09. The molecule has 3 aromatic rings. The fourth-order valence-electron chi connectivity index (χ4n) is 5.04. The van der Waals surface area contributed by atoms with Crippen molar-refractivity contribution >= 4 is 40.0 Å². The fraction of sp³-hybridized carbons (Fsp3) is 0.412. The van der Waals surface area contributed by atoms with E-state index < -0.39 is 0 Å². The molecular weight excluding hydrogens is 576 g/mol. The molecule has 242 valence electrons. The molecule has 1 amide bonds. The SMILES string of the molecule is CCN(C)C(=O)c1ccc(/C(N)=C/Nc2ccc(N3CCOCCOCCOCCOCC3)c(OC)c2)c2cccc(C=O)c12. The topological polar surface area (TPSA) is 125 Å². The molecule has 0 bridgehead atoms. The number of benzene rings is 3. The molecule has 11 nitrogen and oxygen atoms in total. The summed E-state index contributed by atoms with van der Waals surface area (Å²) in [6.07, 6.45) is 2.47. The van der Waals surface area contributed by atoms with Gasteiger partial charge in [-0.1, -0.05) is 24.3 Å². The molecule has 0 atom stereocenters. The van der Waals surface area contributed by atoms with Gasteiger partial charge in [-0.25, -0.2) is 0 Å². The second-order valence-electron chi connectivity index (χ2n) is 10.4. The summed E-state index contributed by atoms with van der Waals surface area (Å²) in [6, 6.07) is 14.8. The molecule has 3 N–H and O–H groups in total. The van der Waals surface area contributed by atoms with Gasteiger partial charge >= 0.3 is 0 Å². The normalized spacial score (nSPS) is 16.0. The van der Waals surface area contributed by atoms with E-state index in [0.29, 0.717) is 106 Å². The molecule has 0 radical (unpaired) electrons. The number of hydrogen-bond acceptors (Lipinski definition) is 10. The fourth-order valence-corrected chi connectivity index (χ4v) is 5.04. The molecule has 0 aromatic heterocycles. The Bertz CT molecular complexity index is 1450. The molecule has 1 aliphatic rings. The molecule has 1 heterocycles. The van der Waals surface area contributed by atoms with Crippen LogP contribution in [0.25, 0.3) is 16.5 Å². The van der Waals surface area contributed by atoms with Crippen LogP contribution in [0.5, 0.6) is 5.75 Å². The molecule has 0 spiro atoms. The van der Waals surface area contributed by atoms with Gasteiger partial charge in [-0.15, -0.1) is 0 Å². The second kappa shape index (κ2) is 17.4. The lowest BCUT2D eigenvalue weighted by Gasteiger charge is -2.27. The summed E-state index contributed by atoms with van der Waals surface area (Å²) >= 11 is 0. The monoisotopic (exact) mass is 620 g/mol. The summed E-state index contributed by atoms with van der Waals surface area (Å²) in [5, 5.41) is 4.58. The first kappa shape index (κ1) is 33.7. The first-order chi connectivity index (χ1) is 22.0. The van der Waals surface area contributed by atoms with Crippen molar-refractivity contribution in [2.45, 2.75) is 6.92 Å². The summed E-state index contributed by atoms with van der Waals surface area (Å²) in [6.45, 7) is 7.95. The van der Waals surface area contributed by atoms with Crippen LogP contribution in [0.3, 0.4) is 0 Å². The van der Waals surface area contributed by atoms with Gasteiger partial charge in [0.05, 0.1) is 71.3 Å². The lowest BCUT2D eigenvalue weighted by atomic mass is 9.94. The van der Waals surface area contributed by atoms with E-state index in [4.69, 9.17) is 29.4 Å². The standard InChI is InChI=1S/C34H44N4O7/c1-4-37(2)34(40)29-10-9-27(28-7-5-6-25(24-39)33(28)29)30(35)23-36-26-8-11-31(32(22-26)41-3)38-12-14-42-16-18-44-20-21-45-19-17-43-15-13-38/h5-11,22-24,36H,4,12-21,35H2,1-3H3/b30-23-. The predicted octanol–water partition coefficient (Wildman–Crippen LogP) is 4.01. The number of carbonyl (C=O) groups is 2. The van der Waals surface area contributed by atoms with Crippen molar-refractivity contribution in [3.8, 4) is 5.75 Å². The number of amides is 1. The number of ether oxygens (including phenoxy) is 5. The Hall–Kier alpha value is -4.16. The van der Waals surface area contributed by atoms with E-state index in [0.717, 1.165) is 23.0 Å². The van der Waals surface area contributed by atoms with Crippen molar-refractivity contribution in [2.75, 3.05) is 96.9 Å². The number of anilines is 2. The highest BCUT2D eigenvalue weighted by molar-refractivity contribution is 6.14. The second-order valence-corrected chi connectivity index (χ2v) is 10.4. The first-order valence-electron chi connectivity index (χ1n) is 15.2. The molecule has 0 aliphatic carbocycles. The Balaban J connectivity index is 1.55. The highest BCUT2D eigenvalue weighted by Crippen LogP contribution is 2.32. The highest BCUT2D eigenvalue weighted by atomic mass is 16.6. The van der Waals surface area contributed by atoms with Crippen molar-refractivity contribution in [3.05, 3.63) is 71.4 Å². The maximum Gasteiger partial charge on any atom is 0.254 e. The van der Waals surface area contributed by atoms with E-state index in [9.17, 15) is 9.59 Å². The largest absolute Gasteiger partial charge is 0.495 e. The zero-order valence-corrected chi connectivity index (χ0v) is 26.4. The third kappa shape index (κ3) is 8.95. The number of nitrogens with two attached hydrogens (primary N) is 1. The summed E-state index contributed by atoms with van der Waals surface area (Å²) in [7, 11) is 3.37. The number of aldehydes is 1. The van der Waals surface area contributed by atoms with Crippen LogP contribution < -0.4 is 20.7 Å². The van der Waals surface area contributed by atoms with Crippen LogP contribution in [-0.2, 0) is 18.9 Å². The van der Waals surface area contributed by atoms with E-state index in [1.165, 1.54) is 0 Å². The van der Waals surface area contributed by atoms with Crippen molar-refractivity contribution in [2.24, 2.45) is 5.73 Å². The minimum absolute atomic E-state index is 0.156. The summed E-state index contributed by atoms with van der Waals surface area (Å²) in [4.78, 5) is 28.8. The van der Waals surface area contributed by atoms with Crippen LogP contribution in [0.4, 0.5) is 11.4 Å². The molecule has 4 rings (SSSR count). The quantitative estimate of drug-likeness (QED) is 0.357. The molecule has 45 heavy (non-hydrogen) atoms. The Morgan fingerprint density at radius 2 is 1.56 bits per heavy atom. The number of methoxy groups -OCH3 is 1. The predicted molar refractivity (Wildman–Crippen MR) is 176 cm³/mol. The van der Waals surface area contributed by atoms with Crippen LogP contribution in [-0.4, -0.2) is 104 Å². The van der Waals surface area contributed by atoms with Crippen LogP contribution >= 0.6 is 0 Å². The van der Waals surface area contributed by atoms with Gasteiger partial charge in [0.1, 0.15) is 5.75 Å². The minimum Gasteiger partial charge on any atom is -0.495 e. The summed E-state index contributed by atoms with van der Waals surface area (Å²) in [5.41, 5.74) is 10.3. The Morgan fingerprint density at radius 1 is 0.933 bits per heavy atom. The molecule has 3 aromatic carbocycles. The maximum atomic E-state index is 13.1. The molecule has 0 saturated carbocycles. The molecule has 11 heteroatoms. The van der Waals surface area contributed by atoms with E-state index in [-0.39, 0.29) is 5.91 Å². The highest BCUT2D eigenvalue weighted by Gasteiger charge is 2.19. The minimum atomic E-state index is -0.156. The average molecular weight is 621 g/mol. The number of rotatable bonds is 8. The van der Waals surface area contributed by atoms with Crippen molar-refractivity contribution < 1.29 is 33.3 Å². The van der Waals surface area contributed by atoms with Gasteiger partial charge in [0, 0.05) is 66.7 Å². The third-order valence-electron chi connectivity index (χ3n) is 7.60. The van der Waals surface area contributed by atoms with Crippen LogP contribution in [0.15, 0.2) is 54.7 Å². The molecule has 0 unspecified atom stereocenters. The number of nitrogens with one attached hydrogen (secondary N) is 1. The zero-order valence-electron chi connectivity index (χ0n) is 26.4. The van der Waals surface area contributed by atoms with Gasteiger partial charge in [-0.3, -0.25) is 9.59 Å². The number of fused-ring (bicyclic) bond motifs is 1. The smallest absolute Gasteiger partial charge is 0.254 e. The Morgan fingerprint density at radius 3 is 2.16 bits per heavy atom. The first-order valence-corrected chi connectivity index (χ1v) is 15.2. The Labute approximate surface area is 264 Å². The van der Waals surface area contributed by atoms with E-state index in [1.54, 1.807) is 43.5 Å². The maximum absolute atomic E-state index is 13.1. The van der Waals surface area contributed by atoms with Gasteiger partial charge < -0.3 is 44.5 Å². The van der Waals surface area contributed by atoms with Crippen LogP contribution in [0.2, 0.25) is 0 Å². The summed E-state index contributed by atoms with van der Waals surface area (Å²) < 4.78 is 28.4. The number of hydrogen-bond donors (Lipinski definition) is 2. The van der Waals surface area contributed by atoms with E-state index >= 15 is 0 Å². The van der Waals surface area contributed by atoms with Crippen LogP contribution in [0.1, 0.15) is 33.2 Å². The van der Waals surface area contributed by atoms with E-state index in [1.807, 2.05) is 37.3 Å². The lowest BCUT2D eigenvalue weighted by Crippen LogP contribution is -2.32. The van der Waals surface area contributed by atoms with Crippen molar-refractivity contribution in [1.82, 2.24) is 4.90 Å².